The van der Waals surface area contributed by atoms with Crippen LogP contribution in [-0.4, -0.2) is 35.0 Å². The van der Waals surface area contributed by atoms with Crippen LogP contribution in [0.1, 0.15) is 29.0 Å². The molecular weight excluding hydrogens is 294 g/mol. The van der Waals surface area contributed by atoms with E-state index in [2.05, 4.69) is 5.16 Å². The third kappa shape index (κ3) is 2.97. The van der Waals surface area contributed by atoms with Crippen LogP contribution in [0.3, 0.4) is 0 Å². The number of carbonyl (C=O) groups excluding carboxylic acids is 2. The SMILES string of the molecule is Cc1onc(-c2ccccc2)c1C(=O)N1CCC(C(N)=O)CC1. The Balaban J connectivity index is 1.84. The van der Waals surface area contributed by atoms with Crippen molar-refractivity contribution in [2.24, 2.45) is 11.7 Å². The zero-order chi connectivity index (χ0) is 16.4. The molecule has 0 spiro atoms. The van der Waals surface area contributed by atoms with Gasteiger partial charge in [-0.05, 0) is 19.8 Å². The van der Waals surface area contributed by atoms with Crippen LogP contribution in [0.25, 0.3) is 11.3 Å². The second-order valence-corrected chi connectivity index (χ2v) is 5.80. The van der Waals surface area contributed by atoms with Gasteiger partial charge in [-0.1, -0.05) is 35.5 Å². The number of likely N-dealkylation sites (tertiary alicyclic amines) is 1. The Hall–Kier alpha value is -2.63. The van der Waals surface area contributed by atoms with Gasteiger partial charge >= 0.3 is 0 Å². The number of nitrogens with zero attached hydrogens (tertiary/aromatic N) is 2. The number of rotatable bonds is 3. The molecule has 6 heteroatoms. The van der Waals surface area contributed by atoms with Gasteiger partial charge in [0, 0.05) is 24.6 Å². The van der Waals surface area contributed by atoms with Crippen LogP contribution in [-0.2, 0) is 4.79 Å². The third-order valence-corrected chi connectivity index (χ3v) is 4.31. The number of nitrogens with two attached hydrogens (primary N) is 1. The van der Waals surface area contributed by atoms with E-state index in [1.807, 2.05) is 30.3 Å². The van der Waals surface area contributed by atoms with Gasteiger partial charge in [0.1, 0.15) is 17.0 Å². The number of hydrogen-bond donors (Lipinski definition) is 1. The van der Waals surface area contributed by atoms with Crippen LogP contribution >= 0.6 is 0 Å². The van der Waals surface area contributed by atoms with Gasteiger partial charge in [-0.2, -0.15) is 0 Å². The number of piperidine rings is 1. The van der Waals surface area contributed by atoms with Gasteiger partial charge in [-0.15, -0.1) is 0 Å². The van der Waals surface area contributed by atoms with Gasteiger partial charge in [-0.3, -0.25) is 9.59 Å². The summed E-state index contributed by atoms with van der Waals surface area (Å²) < 4.78 is 5.25. The molecule has 1 aromatic heterocycles. The second kappa shape index (κ2) is 6.24. The fourth-order valence-corrected chi connectivity index (χ4v) is 2.94. The molecule has 2 N–H and O–H groups in total. The van der Waals surface area contributed by atoms with E-state index in [0.717, 1.165) is 5.56 Å². The first-order valence-corrected chi connectivity index (χ1v) is 7.68. The summed E-state index contributed by atoms with van der Waals surface area (Å²) in [5.41, 5.74) is 7.24. The summed E-state index contributed by atoms with van der Waals surface area (Å²) in [7, 11) is 0. The lowest BCUT2D eigenvalue weighted by Gasteiger charge is -2.30. The van der Waals surface area contributed by atoms with Crippen molar-refractivity contribution in [3.8, 4) is 11.3 Å². The minimum Gasteiger partial charge on any atom is -0.369 e. The normalized spacial score (nSPS) is 15.6. The Morgan fingerprint density at radius 1 is 1.22 bits per heavy atom. The maximum Gasteiger partial charge on any atom is 0.259 e. The van der Waals surface area contributed by atoms with Crippen molar-refractivity contribution < 1.29 is 14.1 Å². The molecule has 2 amide bonds. The van der Waals surface area contributed by atoms with Crippen molar-refractivity contribution in [3.05, 3.63) is 41.7 Å². The average Bonchev–Trinajstić information content (AvgIpc) is 2.96. The Bertz CT molecular complexity index is 716. The largest absolute Gasteiger partial charge is 0.369 e. The van der Waals surface area contributed by atoms with E-state index in [4.69, 9.17) is 10.3 Å². The fourth-order valence-electron chi connectivity index (χ4n) is 2.94. The molecule has 23 heavy (non-hydrogen) atoms. The zero-order valence-electron chi connectivity index (χ0n) is 13.0. The highest BCUT2D eigenvalue weighted by molar-refractivity contribution is 6.00. The highest BCUT2D eigenvalue weighted by Crippen LogP contribution is 2.28. The first-order valence-electron chi connectivity index (χ1n) is 7.68. The van der Waals surface area contributed by atoms with E-state index < -0.39 is 0 Å². The van der Waals surface area contributed by atoms with Crippen LogP contribution < -0.4 is 5.73 Å². The summed E-state index contributed by atoms with van der Waals surface area (Å²) in [4.78, 5) is 25.9. The number of aryl methyl sites for hydroxylation is 1. The molecule has 3 rings (SSSR count). The molecule has 120 valence electrons. The lowest BCUT2D eigenvalue weighted by atomic mass is 9.95. The molecular formula is C17H19N3O3. The van der Waals surface area contributed by atoms with Crippen molar-refractivity contribution in [2.45, 2.75) is 19.8 Å². The number of amides is 2. The molecule has 1 saturated heterocycles. The smallest absolute Gasteiger partial charge is 0.259 e. The molecule has 6 nitrogen and oxygen atoms in total. The first kappa shape index (κ1) is 15.3. The average molecular weight is 313 g/mol. The van der Waals surface area contributed by atoms with Gasteiger partial charge in [0.15, 0.2) is 0 Å². The topological polar surface area (TPSA) is 89.4 Å². The third-order valence-electron chi connectivity index (χ3n) is 4.31. The van der Waals surface area contributed by atoms with E-state index in [1.165, 1.54) is 0 Å². The molecule has 0 atom stereocenters. The van der Waals surface area contributed by atoms with E-state index in [1.54, 1.807) is 11.8 Å². The van der Waals surface area contributed by atoms with Crippen molar-refractivity contribution in [1.29, 1.82) is 0 Å². The van der Waals surface area contributed by atoms with Gasteiger partial charge in [0.25, 0.3) is 5.91 Å². The highest BCUT2D eigenvalue weighted by Gasteiger charge is 2.30. The lowest BCUT2D eigenvalue weighted by molar-refractivity contribution is -0.123. The maximum absolute atomic E-state index is 12.9. The van der Waals surface area contributed by atoms with Crippen LogP contribution in [0.15, 0.2) is 34.9 Å². The van der Waals surface area contributed by atoms with Crippen LogP contribution in [0.4, 0.5) is 0 Å². The molecule has 1 aromatic carbocycles. The summed E-state index contributed by atoms with van der Waals surface area (Å²) in [6, 6.07) is 9.49. The number of carbonyl (C=O) groups is 2. The molecule has 2 heterocycles. The number of primary amides is 1. The minimum absolute atomic E-state index is 0.106. The Labute approximate surface area is 134 Å². The van der Waals surface area contributed by atoms with Crippen LogP contribution in [0.5, 0.6) is 0 Å². The molecule has 0 radical (unpaired) electrons. The van der Waals surface area contributed by atoms with Crippen LogP contribution in [0, 0.1) is 12.8 Å². The van der Waals surface area contributed by atoms with E-state index in [9.17, 15) is 9.59 Å². The maximum atomic E-state index is 12.9. The Kier molecular flexibility index (Phi) is 4.14. The summed E-state index contributed by atoms with van der Waals surface area (Å²) in [6.07, 6.45) is 1.21. The molecule has 0 saturated carbocycles. The number of hydrogen-bond acceptors (Lipinski definition) is 4. The standard InChI is InChI=1S/C17H19N3O3/c1-11-14(15(19-23-11)12-5-3-2-4-6-12)17(22)20-9-7-13(8-10-20)16(18)21/h2-6,13H,7-10H2,1H3,(H2,18,21). The van der Waals surface area contributed by atoms with E-state index in [-0.39, 0.29) is 17.7 Å². The number of benzene rings is 1. The molecule has 0 aliphatic carbocycles. The van der Waals surface area contributed by atoms with Gasteiger partial charge in [0.2, 0.25) is 5.91 Å². The van der Waals surface area contributed by atoms with Crippen molar-refractivity contribution in [2.75, 3.05) is 13.1 Å². The monoisotopic (exact) mass is 313 g/mol. The molecule has 1 aliphatic heterocycles. The first-order chi connectivity index (χ1) is 11.1. The minimum atomic E-state index is -0.289. The Morgan fingerprint density at radius 2 is 1.87 bits per heavy atom. The molecule has 0 unspecified atom stereocenters. The highest BCUT2D eigenvalue weighted by atomic mass is 16.5. The molecule has 1 fully saturated rings. The van der Waals surface area contributed by atoms with Crippen molar-refractivity contribution >= 4 is 11.8 Å². The van der Waals surface area contributed by atoms with Gasteiger partial charge in [0.05, 0.1) is 0 Å². The summed E-state index contributed by atoms with van der Waals surface area (Å²) >= 11 is 0. The van der Waals surface area contributed by atoms with E-state index in [0.29, 0.717) is 42.9 Å². The lowest BCUT2D eigenvalue weighted by Crippen LogP contribution is -2.41. The second-order valence-electron chi connectivity index (χ2n) is 5.80. The van der Waals surface area contributed by atoms with Gasteiger partial charge in [-0.25, -0.2) is 0 Å². The van der Waals surface area contributed by atoms with Crippen LogP contribution in [0.2, 0.25) is 0 Å². The Morgan fingerprint density at radius 3 is 2.48 bits per heavy atom. The zero-order valence-corrected chi connectivity index (χ0v) is 13.0. The molecule has 0 bridgehead atoms. The summed E-state index contributed by atoms with van der Waals surface area (Å²) in [5.74, 6) is -0.0316. The molecule has 2 aromatic rings. The quantitative estimate of drug-likeness (QED) is 0.938. The fraction of sp³-hybridized carbons (Fsp3) is 0.353. The predicted octanol–water partition coefficient (Wildman–Crippen LogP) is 1.99. The summed E-state index contributed by atoms with van der Waals surface area (Å²) in [6.45, 7) is 2.78. The number of aromatic nitrogens is 1. The van der Waals surface area contributed by atoms with Gasteiger partial charge < -0.3 is 15.2 Å². The molecule has 1 aliphatic rings. The van der Waals surface area contributed by atoms with E-state index >= 15 is 0 Å². The predicted molar refractivity (Wildman–Crippen MR) is 84.5 cm³/mol. The summed E-state index contributed by atoms with van der Waals surface area (Å²) in [5, 5.41) is 4.05. The van der Waals surface area contributed by atoms with Crippen molar-refractivity contribution in [1.82, 2.24) is 10.1 Å². The van der Waals surface area contributed by atoms with Crippen molar-refractivity contribution in [3.63, 3.8) is 0 Å².